The van der Waals surface area contributed by atoms with Crippen molar-refractivity contribution < 1.29 is 19.1 Å². The fraction of sp³-hybridized carbons (Fsp3) is 0.238. The topological polar surface area (TPSA) is 67.9 Å². The van der Waals surface area contributed by atoms with E-state index < -0.39 is 5.97 Å². The predicted octanol–water partition coefficient (Wildman–Crippen LogP) is 3.11. The number of rotatable bonds is 9. The van der Waals surface area contributed by atoms with Gasteiger partial charge in [-0.15, -0.1) is 0 Å². The number of carbonyl (C=O) groups is 2. The van der Waals surface area contributed by atoms with Crippen LogP contribution < -0.4 is 10.1 Å². The lowest BCUT2D eigenvalue weighted by molar-refractivity contribution is -0.117. The van der Waals surface area contributed by atoms with Crippen molar-refractivity contribution in [2.75, 3.05) is 32.6 Å². The second-order valence-corrected chi connectivity index (χ2v) is 6.03. The van der Waals surface area contributed by atoms with Crippen molar-refractivity contribution in [3.05, 3.63) is 72.3 Å². The molecule has 0 aliphatic rings. The van der Waals surface area contributed by atoms with Crippen LogP contribution in [0.5, 0.6) is 5.75 Å². The van der Waals surface area contributed by atoms with E-state index in [2.05, 4.69) is 16.6 Å². The highest BCUT2D eigenvalue weighted by molar-refractivity contribution is 5.93. The minimum absolute atomic E-state index is 0.130. The van der Waals surface area contributed by atoms with Gasteiger partial charge in [0.2, 0.25) is 5.91 Å². The van der Waals surface area contributed by atoms with Crippen LogP contribution in [-0.2, 0) is 16.1 Å². The second-order valence-electron chi connectivity index (χ2n) is 6.03. The zero-order valence-corrected chi connectivity index (χ0v) is 15.6. The van der Waals surface area contributed by atoms with Crippen LogP contribution in [0.4, 0.5) is 5.69 Å². The van der Waals surface area contributed by atoms with Crippen molar-refractivity contribution >= 4 is 17.6 Å². The molecule has 6 nitrogen and oxygen atoms in total. The van der Waals surface area contributed by atoms with E-state index in [0.717, 1.165) is 11.3 Å². The largest absolute Gasteiger partial charge is 0.490 e. The Kier molecular flexibility index (Phi) is 7.58. The molecule has 0 aromatic heterocycles. The molecule has 1 amide bonds. The molecule has 0 saturated heterocycles. The summed E-state index contributed by atoms with van der Waals surface area (Å²) in [6, 6.07) is 14.3. The third kappa shape index (κ3) is 6.60. The van der Waals surface area contributed by atoms with Gasteiger partial charge in [-0.3, -0.25) is 9.69 Å². The van der Waals surface area contributed by atoms with Crippen molar-refractivity contribution in [2.45, 2.75) is 6.54 Å². The van der Waals surface area contributed by atoms with E-state index >= 15 is 0 Å². The maximum Gasteiger partial charge on any atom is 0.337 e. The molecule has 0 fully saturated rings. The first-order valence-electron chi connectivity index (χ1n) is 8.51. The number of nitrogens with one attached hydrogen (secondary N) is 1. The summed E-state index contributed by atoms with van der Waals surface area (Å²) in [6.45, 7) is 4.97. The van der Waals surface area contributed by atoms with Crippen LogP contribution in [-0.4, -0.2) is 44.1 Å². The minimum atomic E-state index is -0.409. The normalized spacial score (nSPS) is 10.3. The number of anilines is 1. The Morgan fingerprint density at radius 3 is 2.37 bits per heavy atom. The van der Waals surface area contributed by atoms with Gasteiger partial charge in [0.25, 0.3) is 0 Å². The van der Waals surface area contributed by atoms with Crippen LogP contribution in [0.1, 0.15) is 15.9 Å². The molecule has 2 rings (SSSR count). The maximum atomic E-state index is 12.2. The quantitative estimate of drug-likeness (QED) is 0.544. The molecule has 0 heterocycles. The van der Waals surface area contributed by atoms with Crippen LogP contribution >= 0.6 is 0 Å². The Morgan fingerprint density at radius 2 is 1.78 bits per heavy atom. The number of hydrogen-bond acceptors (Lipinski definition) is 5. The number of ether oxygens (including phenoxy) is 2. The molecule has 0 saturated carbocycles. The summed E-state index contributed by atoms with van der Waals surface area (Å²) in [4.78, 5) is 25.5. The zero-order valence-electron chi connectivity index (χ0n) is 15.6. The van der Waals surface area contributed by atoms with Gasteiger partial charge in [0, 0.05) is 12.2 Å². The lowest BCUT2D eigenvalue weighted by atomic mass is 10.2. The van der Waals surface area contributed by atoms with Crippen LogP contribution in [0.15, 0.2) is 61.2 Å². The molecule has 0 aliphatic heterocycles. The van der Waals surface area contributed by atoms with Crippen molar-refractivity contribution in [1.82, 2.24) is 4.90 Å². The zero-order chi connectivity index (χ0) is 19.6. The molecule has 27 heavy (non-hydrogen) atoms. The fourth-order valence-corrected chi connectivity index (χ4v) is 2.47. The van der Waals surface area contributed by atoms with Gasteiger partial charge in [-0.05, 0) is 49.0 Å². The molecule has 0 unspecified atom stereocenters. The Labute approximate surface area is 159 Å². The highest BCUT2D eigenvalue weighted by Gasteiger charge is 2.09. The predicted molar refractivity (Wildman–Crippen MR) is 105 cm³/mol. The summed E-state index contributed by atoms with van der Waals surface area (Å²) in [5.74, 6) is 0.247. The molecule has 6 heteroatoms. The monoisotopic (exact) mass is 368 g/mol. The molecule has 2 aromatic carbocycles. The number of hydrogen-bond donors (Lipinski definition) is 1. The number of likely N-dealkylation sites (N-methyl/N-ethyl adjacent to an activating group) is 1. The number of carbonyl (C=O) groups excluding carboxylic acids is 2. The second kappa shape index (κ2) is 10.1. The Bertz CT molecular complexity index is 770. The number of benzene rings is 2. The highest BCUT2D eigenvalue weighted by Crippen LogP contribution is 2.14. The van der Waals surface area contributed by atoms with Gasteiger partial charge < -0.3 is 14.8 Å². The van der Waals surface area contributed by atoms with Gasteiger partial charge in [0.1, 0.15) is 12.4 Å². The molecular weight excluding hydrogens is 344 g/mol. The van der Waals surface area contributed by atoms with Crippen LogP contribution in [0.2, 0.25) is 0 Å². The van der Waals surface area contributed by atoms with E-state index in [1.807, 2.05) is 36.2 Å². The number of methoxy groups -OCH3 is 1. The average Bonchev–Trinajstić information content (AvgIpc) is 2.67. The average molecular weight is 368 g/mol. The number of esters is 1. The van der Waals surface area contributed by atoms with Crippen molar-refractivity contribution in [1.29, 1.82) is 0 Å². The van der Waals surface area contributed by atoms with Crippen LogP contribution in [0, 0.1) is 0 Å². The molecule has 0 bridgehead atoms. The lowest BCUT2D eigenvalue weighted by Crippen LogP contribution is -2.29. The Hall–Kier alpha value is -3.12. The molecule has 0 radical (unpaired) electrons. The van der Waals surface area contributed by atoms with E-state index in [1.54, 1.807) is 30.3 Å². The van der Waals surface area contributed by atoms with Crippen LogP contribution in [0.25, 0.3) is 0 Å². The Balaban J connectivity index is 1.82. The van der Waals surface area contributed by atoms with Gasteiger partial charge in [-0.25, -0.2) is 4.79 Å². The Morgan fingerprint density at radius 1 is 1.11 bits per heavy atom. The van der Waals surface area contributed by atoms with Gasteiger partial charge in [-0.2, -0.15) is 0 Å². The summed E-state index contributed by atoms with van der Waals surface area (Å²) >= 11 is 0. The summed E-state index contributed by atoms with van der Waals surface area (Å²) in [7, 11) is 3.21. The molecule has 0 spiro atoms. The third-order valence-electron chi connectivity index (χ3n) is 3.75. The molecule has 142 valence electrons. The van der Waals surface area contributed by atoms with E-state index in [-0.39, 0.29) is 12.5 Å². The molecule has 2 aromatic rings. The lowest BCUT2D eigenvalue weighted by Gasteiger charge is -2.16. The molecule has 0 atom stereocenters. The fourth-order valence-electron chi connectivity index (χ4n) is 2.47. The van der Waals surface area contributed by atoms with E-state index in [9.17, 15) is 9.59 Å². The van der Waals surface area contributed by atoms with Gasteiger partial charge in [0.15, 0.2) is 0 Å². The summed E-state index contributed by atoms with van der Waals surface area (Å²) in [5, 5.41) is 2.81. The number of nitrogens with zero attached hydrogens (tertiary/aromatic N) is 1. The summed E-state index contributed by atoms with van der Waals surface area (Å²) in [5.41, 5.74) is 2.15. The highest BCUT2D eigenvalue weighted by atomic mass is 16.5. The SMILES string of the molecule is C=CCOc1ccc(CN(C)CC(=O)Nc2ccc(C(=O)OC)cc2)cc1. The molecule has 0 aliphatic carbocycles. The van der Waals surface area contributed by atoms with Crippen LogP contribution in [0.3, 0.4) is 0 Å². The first kappa shape index (κ1) is 20.2. The maximum absolute atomic E-state index is 12.2. The third-order valence-corrected chi connectivity index (χ3v) is 3.75. The molecular formula is C21H24N2O4. The van der Waals surface area contributed by atoms with Crippen molar-refractivity contribution in [3.63, 3.8) is 0 Å². The standard InChI is InChI=1S/C21H24N2O4/c1-4-13-27-19-11-5-16(6-12-19)14-23(2)15-20(24)22-18-9-7-17(8-10-18)21(25)26-3/h4-12H,1,13-15H2,2-3H3,(H,22,24). The van der Waals surface area contributed by atoms with Gasteiger partial charge in [-0.1, -0.05) is 24.8 Å². The summed E-state index contributed by atoms with van der Waals surface area (Å²) < 4.78 is 10.1. The smallest absolute Gasteiger partial charge is 0.337 e. The van der Waals surface area contributed by atoms with Crippen molar-refractivity contribution in [3.8, 4) is 5.75 Å². The summed E-state index contributed by atoms with van der Waals surface area (Å²) in [6.07, 6.45) is 1.70. The van der Waals surface area contributed by atoms with E-state index in [0.29, 0.717) is 24.4 Å². The number of amides is 1. The van der Waals surface area contributed by atoms with Gasteiger partial charge >= 0.3 is 5.97 Å². The molecule has 1 N–H and O–H groups in total. The first-order chi connectivity index (χ1) is 13.0. The van der Waals surface area contributed by atoms with E-state index in [1.165, 1.54) is 7.11 Å². The van der Waals surface area contributed by atoms with Gasteiger partial charge in [0.05, 0.1) is 19.2 Å². The van der Waals surface area contributed by atoms with E-state index in [4.69, 9.17) is 4.74 Å². The first-order valence-corrected chi connectivity index (χ1v) is 8.51. The van der Waals surface area contributed by atoms with Crippen molar-refractivity contribution in [2.24, 2.45) is 0 Å². The minimum Gasteiger partial charge on any atom is -0.490 e.